The van der Waals surface area contributed by atoms with Crippen molar-refractivity contribution in [2.45, 2.75) is 6.42 Å². The third-order valence-electron chi connectivity index (χ3n) is 4.50. The molecule has 2 amide bonds. The Morgan fingerprint density at radius 2 is 1.89 bits per heavy atom. The molecule has 2 aromatic carbocycles. The van der Waals surface area contributed by atoms with Gasteiger partial charge < -0.3 is 15.5 Å². The van der Waals surface area contributed by atoms with Crippen LogP contribution in [0.1, 0.15) is 6.42 Å². The number of para-hydroxylation sites is 2. The van der Waals surface area contributed by atoms with Crippen molar-refractivity contribution in [2.75, 3.05) is 29.9 Å². The van der Waals surface area contributed by atoms with E-state index in [1.165, 1.54) is 6.07 Å². The monoisotopic (exact) mass is 402 g/mol. The van der Waals surface area contributed by atoms with Crippen molar-refractivity contribution in [1.82, 2.24) is 5.32 Å². The molecule has 3 rings (SSSR count). The van der Waals surface area contributed by atoms with Crippen molar-refractivity contribution in [3.8, 4) is 0 Å². The Morgan fingerprint density at radius 1 is 1.18 bits per heavy atom. The Kier molecular flexibility index (Phi) is 6.10. The van der Waals surface area contributed by atoms with E-state index in [0.717, 1.165) is 0 Å². The van der Waals surface area contributed by atoms with E-state index in [2.05, 4.69) is 10.6 Å². The summed E-state index contributed by atoms with van der Waals surface area (Å²) in [6, 6.07) is 13.2. The van der Waals surface area contributed by atoms with Crippen LogP contribution in [0.25, 0.3) is 0 Å². The number of nitrogens with one attached hydrogen (secondary N) is 2. The number of halogens is 1. The van der Waals surface area contributed by atoms with E-state index in [0.29, 0.717) is 35.9 Å². The van der Waals surface area contributed by atoms with Crippen LogP contribution >= 0.6 is 11.6 Å². The first-order valence-electron chi connectivity index (χ1n) is 8.79. The molecule has 0 radical (unpaired) electrons. The molecule has 28 heavy (non-hydrogen) atoms. The smallest absolute Gasteiger partial charge is 0.292 e. The molecule has 8 nitrogen and oxygen atoms in total. The van der Waals surface area contributed by atoms with E-state index in [1.54, 1.807) is 47.4 Å². The van der Waals surface area contributed by atoms with Crippen molar-refractivity contribution in [3.63, 3.8) is 0 Å². The van der Waals surface area contributed by atoms with Crippen molar-refractivity contribution in [2.24, 2.45) is 5.92 Å². The summed E-state index contributed by atoms with van der Waals surface area (Å²) in [5, 5.41) is 17.2. The maximum absolute atomic E-state index is 12.5. The van der Waals surface area contributed by atoms with Crippen LogP contribution in [-0.2, 0) is 9.59 Å². The zero-order chi connectivity index (χ0) is 20.1. The second-order valence-electron chi connectivity index (χ2n) is 6.30. The summed E-state index contributed by atoms with van der Waals surface area (Å²) in [5.41, 5.74) is 1.06. The number of anilines is 2. The molecule has 0 aromatic heterocycles. The molecule has 1 aliphatic heterocycles. The predicted molar refractivity (Wildman–Crippen MR) is 107 cm³/mol. The lowest BCUT2D eigenvalue weighted by Crippen LogP contribution is -2.38. The summed E-state index contributed by atoms with van der Waals surface area (Å²) in [5.74, 6) is -1.32. The van der Waals surface area contributed by atoms with Crippen LogP contribution in [0.15, 0.2) is 48.5 Å². The third kappa shape index (κ3) is 4.40. The highest BCUT2D eigenvalue weighted by Crippen LogP contribution is 2.26. The third-order valence-corrected chi connectivity index (χ3v) is 4.75. The predicted octanol–water partition coefficient (Wildman–Crippen LogP) is 2.83. The molecule has 1 heterocycles. The minimum atomic E-state index is -0.735. The van der Waals surface area contributed by atoms with Crippen molar-refractivity contribution in [1.29, 1.82) is 0 Å². The average molecular weight is 403 g/mol. The van der Waals surface area contributed by atoms with Crippen LogP contribution in [0.4, 0.5) is 17.1 Å². The number of nitrogens with zero attached hydrogens (tertiary/aromatic N) is 2. The number of carbonyl (C=O) groups excluding carboxylic acids is 2. The fraction of sp³-hybridized carbons (Fsp3) is 0.263. The first-order chi connectivity index (χ1) is 13.5. The molecule has 1 fully saturated rings. The number of rotatable bonds is 7. The number of benzene rings is 2. The van der Waals surface area contributed by atoms with Gasteiger partial charge >= 0.3 is 0 Å². The Bertz CT molecular complexity index is 888. The minimum absolute atomic E-state index is 0.0293. The fourth-order valence-corrected chi connectivity index (χ4v) is 3.21. The van der Waals surface area contributed by atoms with Gasteiger partial charge in [-0.3, -0.25) is 19.7 Å². The second kappa shape index (κ2) is 8.71. The van der Waals surface area contributed by atoms with Crippen molar-refractivity contribution >= 4 is 40.5 Å². The van der Waals surface area contributed by atoms with Crippen LogP contribution in [0.2, 0.25) is 5.02 Å². The lowest BCUT2D eigenvalue weighted by molar-refractivity contribution is -0.384. The van der Waals surface area contributed by atoms with Crippen LogP contribution in [0, 0.1) is 16.0 Å². The van der Waals surface area contributed by atoms with Gasteiger partial charge in [0, 0.05) is 36.4 Å². The van der Waals surface area contributed by atoms with E-state index in [4.69, 9.17) is 11.6 Å². The molecule has 146 valence electrons. The van der Waals surface area contributed by atoms with Crippen LogP contribution in [0.5, 0.6) is 0 Å². The molecule has 2 aromatic rings. The first kappa shape index (κ1) is 19.6. The van der Waals surface area contributed by atoms with Gasteiger partial charge in [0.05, 0.1) is 4.92 Å². The highest BCUT2D eigenvalue weighted by Gasteiger charge is 2.37. The highest BCUT2D eigenvalue weighted by molar-refractivity contribution is 6.30. The average Bonchev–Trinajstić information content (AvgIpc) is 3.07. The maximum atomic E-state index is 12.5. The van der Waals surface area contributed by atoms with E-state index < -0.39 is 10.8 Å². The summed E-state index contributed by atoms with van der Waals surface area (Å²) in [4.78, 5) is 37.0. The Balaban J connectivity index is 1.50. The van der Waals surface area contributed by atoms with Crippen molar-refractivity contribution < 1.29 is 14.5 Å². The van der Waals surface area contributed by atoms with Gasteiger partial charge in [-0.05, 0) is 36.8 Å². The van der Waals surface area contributed by atoms with Gasteiger partial charge in [0.2, 0.25) is 11.8 Å². The lowest BCUT2D eigenvalue weighted by atomic mass is 10.1. The first-order valence-corrected chi connectivity index (χ1v) is 9.17. The molecule has 1 unspecified atom stereocenters. The minimum Gasteiger partial charge on any atom is -0.378 e. The van der Waals surface area contributed by atoms with E-state index in [-0.39, 0.29) is 24.0 Å². The van der Waals surface area contributed by atoms with E-state index in [9.17, 15) is 19.7 Å². The maximum Gasteiger partial charge on any atom is 0.292 e. The molecule has 9 heteroatoms. The largest absolute Gasteiger partial charge is 0.378 e. The number of hydrogen-bond acceptors (Lipinski definition) is 5. The zero-order valence-electron chi connectivity index (χ0n) is 14.9. The molecule has 1 saturated heterocycles. The summed E-state index contributed by atoms with van der Waals surface area (Å²) >= 11 is 5.87. The van der Waals surface area contributed by atoms with Gasteiger partial charge in [-0.1, -0.05) is 23.7 Å². The quantitative estimate of drug-likeness (QED) is 0.320. The fourth-order valence-electron chi connectivity index (χ4n) is 3.09. The van der Waals surface area contributed by atoms with Gasteiger partial charge in [0.25, 0.3) is 5.69 Å². The van der Waals surface area contributed by atoms with E-state index in [1.807, 2.05) is 0 Å². The van der Waals surface area contributed by atoms with Crippen LogP contribution in [-0.4, -0.2) is 36.4 Å². The van der Waals surface area contributed by atoms with Crippen molar-refractivity contribution in [3.05, 3.63) is 63.7 Å². The highest BCUT2D eigenvalue weighted by atomic mass is 35.5. The zero-order valence-corrected chi connectivity index (χ0v) is 15.7. The molecule has 2 N–H and O–H groups in total. The Morgan fingerprint density at radius 3 is 2.61 bits per heavy atom. The van der Waals surface area contributed by atoms with E-state index >= 15 is 0 Å². The Hall–Kier alpha value is -3.13. The molecule has 0 bridgehead atoms. The van der Waals surface area contributed by atoms with Gasteiger partial charge in [-0.25, -0.2) is 0 Å². The molecular weight excluding hydrogens is 384 g/mol. The van der Waals surface area contributed by atoms with Gasteiger partial charge in [-0.15, -0.1) is 0 Å². The number of hydrogen-bond donors (Lipinski definition) is 2. The Labute approximate surface area is 166 Å². The second-order valence-corrected chi connectivity index (χ2v) is 6.74. The van der Waals surface area contributed by atoms with Crippen LogP contribution in [0.3, 0.4) is 0 Å². The topological polar surface area (TPSA) is 105 Å². The lowest BCUT2D eigenvalue weighted by Gasteiger charge is -2.17. The SMILES string of the molecule is O=C(NCCNc1ccccc1[N+](=O)[O-])C1CCN(c2ccc(Cl)cc2)C1=O. The van der Waals surface area contributed by atoms with Crippen LogP contribution < -0.4 is 15.5 Å². The summed E-state index contributed by atoms with van der Waals surface area (Å²) in [6.45, 7) is 1.01. The number of nitro groups is 1. The molecule has 0 saturated carbocycles. The molecule has 0 aliphatic carbocycles. The normalized spacial score (nSPS) is 16.1. The number of amides is 2. The summed E-state index contributed by atoms with van der Waals surface area (Å²) in [6.07, 6.45) is 0.435. The summed E-state index contributed by atoms with van der Waals surface area (Å²) < 4.78 is 0. The molecule has 0 spiro atoms. The summed E-state index contributed by atoms with van der Waals surface area (Å²) in [7, 11) is 0. The molecular formula is C19H19ClN4O4. The van der Waals surface area contributed by atoms with Gasteiger partial charge in [-0.2, -0.15) is 0 Å². The number of carbonyl (C=O) groups is 2. The standard InChI is InChI=1S/C19H19ClN4O4/c20-13-5-7-14(8-6-13)23-12-9-15(19(23)26)18(25)22-11-10-21-16-3-1-2-4-17(16)24(27)28/h1-8,15,21H,9-12H2,(H,22,25). The van der Waals surface area contributed by atoms with Gasteiger partial charge in [0.1, 0.15) is 11.6 Å². The molecule has 1 atom stereocenters. The van der Waals surface area contributed by atoms with Gasteiger partial charge in [0.15, 0.2) is 0 Å². The molecule has 1 aliphatic rings. The number of nitro benzene ring substituents is 1.